The lowest BCUT2D eigenvalue weighted by atomic mass is 9.96. The minimum absolute atomic E-state index is 0.291. The van der Waals surface area contributed by atoms with Gasteiger partial charge in [0.25, 0.3) is 0 Å². The molecule has 2 atom stereocenters. The van der Waals surface area contributed by atoms with Crippen LogP contribution in [0.2, 0.25) is 0 Å². The second-order valence-corrected chi connectivity index (χ2v) is 8.60. The Morgan fingerprint density at radius 1 is 1.03 bits per heavy atom. The van der Waals surface area contributed by atoms with Crippen molar-refractivity contribution >= 4 is 17.3 Å². The molecule has 5 rings (SSSR count). The molecular weight excluding hydrogens is 400 g/mol. The first-order valence-electron chi connectivity index (χ1n) is 11.1. The monoisotopic (exact) mass is 426 g/mol. The number of hydrogen-bond donors (Lipinski definition) is 2. The van der Waals surface area contributed by atoms with Crippen LogP contribution in [0.5, 0.6) is 0 Å². The van der Waals surface area contributed by atoms with Gasteiger partial charge in [-0.1, -0.05) is 6.07 Å². The number of rotatable bonds is 6. The van der Waals surface area contributed by atoms with Crippen LogP contribution in [0.1, 0.15) is 42.6 Å². The Labute approximate surface area is 187 Å². The summed E-state index contributed by atoms with van der Waals surface area (Å²) in [5.41, 5.74) is 3.65. The molecule has 32 heavy (non-hydrogen) atoms. The number of anilines is 3. The lowest BCUT2D eigenvalue weighted by Gasteiger charge is -2.39. The van der Waals surface area contributed by atoms with Crippen LogP contribution >= 0.6 is 0 Å². The van der Waals surface area contributed by atoms with Crippen LogP contribution in [0.25, 0.3) is 0 Å². The summed E-state index contributed by atoms with van der Waals surface area (Å²) in [6, 6.07) is 11.8. The summed E-state index contributed by atoms with van der Waals surface area (Å²) < 4.78 is 0. The minimum atomic E-state index is 0.291. The van der Waals surface area contributed by atoms with Gasteiger partial charge in [-0.25, -0.2) is 15.0 Å². The third kappa shape index (κ3) is 4.39. The van der Waals surface area contributed by atoms with Gasteiger partial charge in [0.2, 0.25) is 0 Å². The van der Waals surface area contributed by atoms with E-state index >= 15 is 0 Å². The lowest BCUT2D eigenvalue weighted by Crippen LogP contribution is -2.46. The Morgan fingerprint density at radius 3 is 2.53 bits per heavy atom. The van der Waals surface area contributed by atoms with E-state index in [4.69, 9.17) is 5.26 Å². The van der Waals surface area contributed by atoms with Gasteiger partial charge in [-0.3, -0.25) is 9.88 Å². The molecule has 2 aliphatic heterocycles. The lowest BCUT2D eigenvalue weighted by molar-refractivity contribution is 0.123. The quantitative estimate of drug-likeness (QED) is 0.614. The van der Waals surface area contributed by atoms with Crippen LogP contribution in [0, 0.1) is 18.3 Å². The Morgan fingerprint density at radius 2 is 1.84 bits per heavy atom. The summed E-state index contributed by atoms with van der Waals surface area (Å²) in [7, 11) is 0. The van der Waals surface area contributed by atoms with Gasteiger partial charge in [0.15, 0.2) is 5.69 Å². The molecule has 0 spiro atoms. The molecule has 2 fully saturated rings. The zero-order valence-corrected chi connectivity index (χ0v) is 18.1. The number of pyridine rings is 2. The van der Waals surface area contributed by atoms with E-state index in [9.17, 15) is 0 Å². The number of aromatic nitrogens is 4. The predicted octanol–water partition coefficient (Wildman–Crippen LogP) is 3.80. The second kappa shape index (κ2) is 8.89. The van der Waals surface area contributed by atoms with Gasteiger partial charge in [-0.2, -0.15) is 5.26 Å². The SMILES string of the molecule is Cc1cnc(Nc2cnc(C#N)cn2)cc1NC1CC2CCC(C1)N2Cc1ccccn1. The summed E-state index contributed by atoms with van der Waals surface area (Å²) >= 11 is 0. The molecule has 3 aromatic rings. The highest BCUT2D eigenvalue weighted by molar-refractivity contribution is 5.61. The fourth-order valence-electron chi connectivity index (χ4n) is 4.88. The maximum atomic E-state index is 8.87. The molecule has 0 aromatic carbocycles. The zero-order valence-electron chi connectivity index (χ0n) is 18.1. The summed E-state index contributed by atoms with van der Waals surface area (Å²) in [6.45, 7) is 3.02. The molecule has 8 heteroatoms. The summed E-state index contributed by atoms with van der Waals surface area (Å²) in [6.07, 6.45) is 11.5. The molecule has 162 valence electrons. The van der Waals surface area contributed by atoms with Crippen molar-refractivity contribution in [3.05, 3.63) is 66.0 Å². The van der Waals surface area contributed by atoms with Crippen molar-refractivity contribution in [2.45, 2.75) is 57.3 Å². The molecule has 2 saturated heterocycles. The number of piperidine rings is 1. The Bertz CT molecular complexity index is 1100. The fourth-order valence-corrected chi connectivity index (χ4v) is 4.88. The van der Waals surface area contributed by atoms with Gasteiger partial charge < -0.3 is 10.6 Å². The molecule has 5 heterocycles. The fraction of sp³-hybridized carbons (Fsp3) is 0.375. The molecule has 2 unspecified atom stereocenters. The van der Waals surface area contributed by atoms with Crippen molar-refractivity contribution in [1.29, 1.82) is 5.26 Å². The average molecular weight is 427 g/mol. The molecule has 0 aliphatic carbocycles. The van der Waals surface area contributed by atoms with Gasteiger partial charge in [0.1, 0.15) is 17.7 Å². The highest BCUT2D eigenvalue weighted by atomic mass is 15.2. The first-order valence-corrected chi connectivity index (χ1v) is 11.1. The van der Waals surface area contributed by atoms with E-state index in [1.807, 2.05) is 30.6 Å². The normalized spacial score (nSPS) is 22.3. The highest BCUT2D eigenvalue weighted by Gasteiger charge is 2.40. The van der Waals surface area contributed by atoms with Crippen LogP contribution in [0.4, 0.5) is 17.3 Å². The van der Waals surface area contributed by atoms with E-state index in [1.54, 1.807) is 6.20 Å². The highest BCUT2D eigenvalue weighted by Crippen LogP contribution is 2.38. The van der Waals surface area contributed by atoms with E-state index in [0.717, 1.165) is 36.3 Å². The molecule has 0 saturated carbocycles. The first-order chi connectivity index (χ1) is 15.7. The third-order valence-corrected chi connectivity index (χ3v) is 6.44. The van der Waals surface area contributed by atoms with E-state index in [0.29, 0.717) is 35.5 Å². The van der Waals surface area contributed by atoms with Crippen molar-refractivity contribution in [1.82, 2.24) is 24.8 Å². The van der Waals surface area contributed by atoms with Crippen molar-refractivity contribution in [2.75, 3.05) is 10.6 Å². The van der Waals surface area contributed by atoms with Crippen LogP contribution in [0.3, 0.4) is 0 Å². The number of aryl methyl sites for hydroxylation is 1. The summed E-state index contributed by atoms with van der Waals surface area (Å²) in [5.74, 6) is 1.26. The van der Waals surface area contributed by atoms with Crippen molar-refractivity contribution < 1.29 is 0 Å². The van der Waals surface area contributed by atoms with Crippen LogP contribution in [0.15, 0.2) is 49.1 Å². The number of hydrogen-bond acceptors (Lipinski definition) is 8. The molecule has 0 radical (unpaired) electrons. The van der Waals surface area contributed by atoms with Crippen molar-refractivity contribution in [3.8, 4) is 6.07 Å². The molecule has 0 amide bonds. The van der Waals surface area contributed by atoms with E-state index in [1.165, 1.54) is 19.0 Å². The van der Waals surface area contributed by atoms with Crippen LogP contribution in [-0.4, -0.2) is 43.0 Å². The van der Waals surface area contributed by atoms with Gasteiger partial charge >= 0.3 is 0 Å². The van der Waals surface area contributed by atoms with Crippen molar-refractivity contribution in [2.24, 2.45) is 0 Å². The smallest absolute Gasteiger partial charge is 0.158 e. The predicted molar refractivity (Wildman–Crippen MR) is 122 cm³/mol. The zero-order chi connectivity index (χ0) is 21.9. The molecule has 2 bridgehead atoms. The number of nitriles is 1. The molecule has 3 aromatic heterocycles. The standard InChI is InChI=1S/C24H26N8/c1-16-12-28-23(31-24-14-27-19(11-25)13-29-24)10-22(16)30-18-8-20-5-6-21(9-18)32(20)15-17-4-2-3-7-26-17/h2-4,7,10,12-14,18,20-21H,5-6,8-9,15H2,1H3,(H2,28,29,30,31). The van der Waals surface area contributed by atoms with Crippen LogP contribution in [-0.2, 0) is 6.54 Å². The Balaban J connectivity index is 1.25. The van der Waals surface area contributed by atoms with Gasteiger partial charge in [-0.05, 0) is 50.3 Å². The topological polar surface area (TPSA) is 103 Å². The van der Waals surface area contributed by atoms with E-state index in [2.05, 4.69) is 54.5 Å². The van der Waals surface area contributed by atoms with Crippen LogP contribution < -0.4 is 10.6 Å². The number of nitrogens with zero attached hydrogens (tertiary/aromatic N) is 6. The van der Waals surface area contributed by atoms with Crippen molar-refractivity contribution in [3.63, 3.8) is 0 Å². The minimum Gasteiger partial charge on any atom is -0.382 e. The summed E-state index contributed by atoms with van der Waals surface area (Å²) in [4.78, 5) is 19.9. The van der Waals surface area contributed by atoms with E-state index in [-0.39, 0.29) is 0 Å². The Kier molecular flexibility index (Phi) is 5.65. The second-order valence-electron chi connectivity index (χ2n) is 8.60. The van der Waals surface area contributed by atoms with Gasteiger partial charge in [0, 0.05) is 48.8 Å². The first kappa shape index (κ1) is 20.3. The van der Waals surface area contributed by atoms with E-state index < -0.39 is 0 Å². The number of nitrogens with one attached hydrogen (secondary N) is 2. The number of fused-ring (bicyclic) bond motifs is 2. The maximum Gasteiger partial charge on any atom is 0.158 e. The third-order valence-electron chi connectivity index (χ3n) is 6.44. The maximum absolute atomic E-state index is 8.87. The molecular formula is C24H26N8. The molecule has 2 aliphatic rings. The van der Waals surface area contributed by atoms with Gasteiger partial charge in [0.05, 0.1) is 18.1 Å². The largest absolute Gasteiger partial charge is 0.382 e. The van der Waals surface area contributed by atoms with Gasteiger partial charge in [-0.15, -0.1) is 0 Å². The summed E-state index contributed by atoms with van der Waals surface area (Å²) in [5, 5.41) is 15.8. The molecule has 2 N–H and O–H groups in total. The Hall–Kier alpha value is -3.57. The average Bonchev–Trinajstić information content (AvgIpc) is 3.04. The molecule has 8 nitrogen and oxygen atoms in total.